The van der Waals surface area contributed by atoms with Gasteiger partial charge in [0.2, 0.25) is 0 Å². The Balaban J connectivity index is 0.849. The first-order chi connectivity index (χ1) is 36.0. The molecule has 14 N–H and O–H groups in total. The third-order valence-electron chi connectivity index (χ3n) is 19.7. The van der Waals surface area contributed by atoms with Crippen molar-refractivity contribution in [3.05, 3.63) is 11.6 Å². The number of fused-ring (bicyclic) bond motifs is 7. The molecule has 6 heterocycles. The van der Waals surface area contributed by atoms with E-state index in [0.717, 1.165) is 37.7 Å². The van der Waals surface area contributed by atoms with Gasteiger partial charge in [-0.25, -0.2) is 0 Å². The molecule has 0 bridgehead atoms. The zero-order chi connectivity index (χ0) is 54.7. The first-order valence-corrected chi connectivity index (χ1v) is 27.1. The Morgan fingerprint density at radius 3 is 1.72 bits per heavy atom. The van der Waals surface area contributed by atoms with Crippen LogP contribution in [0, 0.1) is 46.3 Å². The fraction of sp³-hybridized carbons (Fsp3) is 0.941. The lowest BCUT2D eigenvalue weighted by atomic mass is 9.47. The minimum absolute atomic E-state index is 0.00398. The molecule has 25 heteroatoms. The van der Waals surface area contributed by atoms with E-state index in [4.69, 9.17) is 47.4 Å². The molecule has 0 radical (unpaired) electrons. The summed E-state index contributed by atoms with van der Waals surface area (Å²) in [6, 6.07) is 0. The maximum absolute atomic E-state index is 14.6. The lowest BCUT2D eigenvalue weighted by Crippen LogP contribution is -2.69. The molecule has 0 aromatic heterocycles. The second kappa shape index (κ2) is 22.0. The quantitative estimate of drug-likeness (QED) is 0.0815. The van der Waals surface area contributed by atoms with Gasteiger partial charge < -0.3 is 119 Å². The van der Waals surface area contributed by atoms with E-state index < -0.39 is 178 Å². The van der Waals surface area contributed by atoms with Crippen LogP contribution in [-0.2, 0) is 52.2 Å². The molecule has 0 aromatic rings. The van der Waals surface area contributed by atoms with Crippen molar-refractivity contribution in [1.29, 1.82) is 0 Å². The zero-order valence-electron chi connectivity index (χ0n) is 43.1. The van der Waals surface area contributed by atoms with Crippen LogP contribution in [0.1, 0.15) is 72.6 Å². The van der Waals surface area contributed by atoms with E-state index in [2.05, 4.69) is 27.7 Å². The van der Waals surface area contributed by atoms with Gasteiger partial charge >= 0.3 is 0 Å². The van der Waals surface area contributed by atoms with Crippen molar-refractivity contribution < 1.29 is 124 Å². The van der Waals surface area contributed by atoms with Gasteiger partial charge in [-0.05, 0) is 73.7 Å². The molecule has 9 fully saturated rings. The highest BCUT2D eigenvalue weighted by Crippen LogP contribution is 2.69. The number of ketones is 1. The summed E-state index contributed by atoms with van der Waals surface area (Å²) in [5.74, 6) is -0.0357. The molecule has 32 atom stereocenters. The summed E-state index contributed by atoms with van der Waals surface area (Å²) < 4.78 is 60.8. The minimum Gasteiger partial charge on any atom is -0.394 e. The number of carbonyl (C=O) groups excluding carboxylic acids is 1. The molecule has 10 rings (SSSR count). The Labute approximate surface area is 439 Å². The molecule has 10 aliphatic rings. The number of ether oxygens (including phenoxy) is 10. The zero-order valence-corrected chi connectivity index (χ0v) is 43.1. The van der Waals surface area contributed by atoms with E-state index in [1.165, 1.54) is 0 Å². The van der Waals surface area contributed by atoms with Crippen LogP contribution in [0.4, 0.5) is 0 Å². The van der Waals surface area contributed by atoms with Gasteiger partial charge in [-0.2, -0.15) is 0 Å². The van der Waals surface area contributed by atoms with Crippen LogP contribution in [0.3, 0.4) is 0 Å². The summed E-state index contributed by atoms with van der Waals surface area (Å²) >= 11 is 0. The number of hydrogen-bond donors (Lipinski definition) is 14. The smallest absolute Gasteiger partial charge is 0.187 e. The van der Waals surface area contributed by atoms with Crippen LogP contribution in [-0.4, -0.2) is 257 Å². The second-order valence-electron chi connectivity index (χ2n) is 23.9. The van der Waals surface area contributed by atoms with E-state index in [1.807, 2.05) is 6.08 Å². The number of aliphatic hydroxyl groups is 14. The van der Waals surface area contributed by atoms with Gasteiger partial charge in [-0.1, -0.05) is 33.3 Å². The number of hydrogen-bond acceptors (Lipinski definition) is 25. The van der Waals surface area contributed by atoms with Crippen LogP contribution in [0.25, 0.3) is 0 Å². The molecule has 1 spiro atoms. The van der Waals surface area contributed by atoms with E-state index in [-0.39, 0.29) is 47.9 Å². The average Bonchev–Trinajstić information content (AvgIpc) is 4.10. The molecule has 25 nitrogen and oxygen atoms in total. The normalized spacial score (nSPS) is 56.4. The average molecular weight is 1090 g/mol. The Bertz CT molecular complexity index is 2060. The molecule has 434 valence electrons. The van der Waals surface area contributed by atoms with Crippen molar-refractivity contribution in [2.45, 2.75) is 220 Å². The molecule has 76 heavy (non-hydrogen) atoms. The van der Waals surface area contributed by atoms with Crippen molar-refractivity contribution in [3.63, 3.8) is 0 Å². The number of rotatable bonds is 12. The molecule has 0 unspecified atom stereocenters. The predicted octanol–water partition coefficient (Wildman–Crippen LogP) is -4.84. The van der Waals surface area contributed by atoms with Crippen molar-refractivity contribution in [1.82, 2.24) is 0 Å². The van der Waals surface area contributed by atoms with Crippen molar-refractivity contribution in [2.75, 3.05) is 33.0 Å². The summed E-state index contributed by atoms with van der Waals surface area (Å²) in [6.07, 6.45) is -33.0. The second-order valence-corrected chi connectivity index (χ2v) is 23.9. The lowest BCUT2D eigenvalue weighted by molar-refractivity contribution is -0.407. The van der Waals surface area contributed by atoms with E-state index in [9.17, 15) is 76.3 Å². The minimum atomic E-state index is -2.08. The molecule has 3 saturated carbocycles. The maximum Gasteiger partial charge on any atom is 0.187 e. The third kappa shape index (κ3) is 9.49. The van der Waals surface area contributed by atoms with Gasteiger partial charge in [0.25, 0.3) is 0 Å². The summed E-state index contributed by atoms with van der Waals surface area (Å²) in [6.45, 7) is 5.56. The highest BCUT2D eigenvalue weighted by atomic mass is 16.8. The Morgan fingerprint density at radius 1 is 0.592 bits per heavy atom. The monoisotopic (exact) mass is 1090 g/mol. The fourth-order valence-electron chi connectivity index (χ4n) is 15.2. The van der Waals surface area contributed by atoms with E-state index >= 15 is 0 Å². The van der Waals surface area contributed by atoms with Gasteiger partial charge in [0.1, 0.15) is 97.7 Å². The van der Waals surface area contributed by atoms with Gasteiger partial charge in [0.05, 0.1) is 51.3 Å². The number of aliphatic hydroxyl groups excluding tert-OH is 14. The summed E-state index contributed by atoms with van der Waals surface area (Å²) in [5, 5.41) is 152. The third-order valence-corrected chi connectivity index (χ3v) is 19.7. The topological polar surface area (TPSA) is 393 Å². The SMILES string of the molecule is C[C@@H]1CC[C@@]2(OC1)O[C@H]1C[C@H]3[C@@H]4CC[C@H]5C[C@@H](O[C@@H]6O[C@H](CO)[C@H](O[C@@H]7O[C@H](CO)[C@@H](O)[C@H](O[C@@H]8O[C@H](CO)[C@@H](O)[C@H](O)[C@H]8O)[C@H]7O[C@@H]7O[C@H](CO)[C@@H](O)[C@H](O)[C@H]7O)[C@H](O)[C@H]6O)[C@H](O)C[C@]5(C)C4=CC(=O)[C@]3(C)[C@H]1[C@@H]2C. The van der Waals surface area contributed by atoms with Crippen molar-refractivity contribution in [2.24, 2.45) is 46.3 Å². The van der Waals surface area contributed by atoms with E-state index in [1.54, 1.807) is 0 Å². The van der Waals surface area contributed by atoms with Crippen LogP contribution < -0.4 is 0 Å². The Hall–Kier alpha value is -1.55. The van der Waals surface area contributed by atoms with Crippen LogP contribution in [0.2, 0.25) is 0 Å². The first-order valence-electron chi connectivity index (χ1n) is 27.1. The van der Waals surface area contributed by atoms with Crippen LogP contribution in [0.15, 0.2) is 11.6 Å². The molecule has 6 aliphatic heterocycles. The highest BCUT2D eigenvalue weighted by Gasteiger charge is 2.71. The Morgan fingerprint density at radius 2 is 1.13 bits per heavy atom. The number of allylic oxidation sites excluding steroid dienone is 2. The summed E-state index contributed by atoms with van der Waals surface area (Å²) in [4.78, 5) is 14.6. The van der Waals surface area contributed by atoms with E-state index in [0.29, 0.717) is 18.9 Å². The van der Waals surface area contributed by atoms with Gasteiger partial charge in [-0.3, -0.25) is 4.79 Å². The number of carbonyl (C=O) groups is 1. The van der Waals surface area contributed by atoms with Gasteiger partial charge in [0.15, 0.2) is 36.7 Å². The Kier molecular flexibility index (Phi) is 16.7. The molecule has 4 aliphatic carbocycles. The molecule has 6 saturated heterocycles. The molecular formula is C51H80O25. The first kappa shape index (κ1) is 57.7. The molecule has 0 amide bonds. The fourth-order valence-corrected chi connectivity index (χ4v) is 15.2. The molecule has 0 aromatic carbocycles. The van der Waals surface area contributed by atoms with Gasteiger partial charge in [-0.15, -0.1) is 0 Å². The van der Waals surface area contributed by atoms with Gasteiger partial charge in [0, 0.05) is 23.7 Å². The van der Waals surface area contributed by atoms with Crippen molar-refractivity contribution in [3.8, 4) is 0 Å². The van der Waals surface area contributed by atoms with Crippen molar-refractivity contribution >= 4 is 5.78 Å². The maximum atomic E-state index is 14.6. The standard InChI is InChI=1S/C51H80O25/c1-18-7-8-51(67-17-18)19(2)32-26(76-51)10-23-21-6-5-20-9-25(24(56)12-49(20,3)22(21)11-31(57)50(23,32)4)68-45-41(66)38(63)42(30(16-55)72-45)73-48-44(75-47-40(65)37(62)34(59)28(14-53)70-47)43(35(60)29(15-54)71-48)74-46-39(64)36(61)33(58)27(13-52)69-46/h11,18-21,23-30,32-48,52-56,58-66H,5-10,12-17H2,1-4H3/t18-,19+,20+,21-,23+,24-,25-,26+,27-,28-,29-,30-,32+,33-,34-,35-,36+,37+,38-,39-,40-,41-,42+,43+,44-,45-,46+,47+,48+,49+,50-,51-/m1/s1. The summed E-state index contributed by atoms with van der Waals surface area (Å²) in [7, 11) is 0. The highest BCUT2D eigenvalue weighted by molar-refractivity contribution is 5.97. The lowest BCUT2D eigenvalue weighted by Gasteiger charge is -2.57. The predicted molar refractivity (Wildman–Crippen MR) is 250 cm³/mol. The molecular weight excluding hydrogens is 1010 g/mol. The van der Waals surface area contributed by atoms with Crippen LogP contribution >= 0.6 is 0 Å². The van der Waals surface area contributed by atoms with Crippen LogP contribution in [0.5, 0.6) is 0 Å². The summed E-state index contributed by atoms with van der Waals surface area (Å²) in [5.41, 5.74) is -0.188. The largest absolute Gasteiger partial charge is 0.394 e.